The maximum absolute atomic E-state index is 12.3. The molecule has 0 aliphatic rings. The quantitative estimate of drug-likeness (QED) is 0.892. The van der Waals surface area contributed by atoms with Crippen LogP contribution in [0, 0.1) is 13.8 Å². The Kier molecular flexibility index (Phi) is 3.90. The Morgan fingerprint density at radius 3 is 2.67 bits per heavy atom. The Bertz CT molecular complexity index is 791. The van der Waals surface area contributed by atoms with Gasteiger partial charge in [0.15, 0.2) is 0 Å². The molecule has 0 fully saturated rings. The van der Waals surface area contributed by atoms with Crippen molar-refractivity contribution in [2.75, 3.05) is 5.32 Å². The molecule has 2 heterocycles. The second-order valence-electron chi connectivity index (χ2n) is 4.44. The maximum Gasteiger partial charge on any atom is 0.338 e. The Labute approximate surface area is 123 Å². The second-order valence-corrected chi connectivity index (χ2v) is 5.35. The van der Waals surface area contributed by atoms with Crippen LogP contribution in [0.4, 0.5) is 5.00 Å². The zero-order chi connectivity index (χ0) is 15.7. The van der Waals surface area contributed by atoms with E-state index in [0.717, 1.165) is 16.0 Å². The van der Waals surface area contributed by atoms with E-state index in [1.807, 2.05) is 0 Å². The fraction of sp³-hybridized carbons (Fsp3) is 0.231. The number of aryl methyl sites for hydroxylation is 2. The first kappa shape index (κ1) is 14.9. The van der Waals surface area contributed by atoms with E-state index in [9.17, 15) is 14.4 Å². The lowest BCUT2D eigenvalue weighted by Crippen LogP contribution is -2.31. The third kappa shape index (κ3) is 2.70. The molecule has 0 atom stereocenters. The first-order valence-electron chi connectivity index (χ1n) is 5.99. The molecule has 21 heavy (non-hydrogen) atoms. The molecule has 0 aromatic carbocycles. The lowest BCUT2D eigenvalue weighted by Gasteiger charge is -2.09. The summed E-state index contributed by atoms with van der Waals surface area (Å²) in [6, 6.07) is 1.39. The summed E-state index contributed by atoms with van der Waals surface area (Å²) in [6.07, 6.45) is 0. The van der Waals surface area contributed by atoms with Gasteiger partial charge in [-0.15, -0.1) is 11.3 Å². The number of anilines is 1. The van der Waals surface area contributed by atoms with Crippen molar-refractivity contribution in [1.29, 1.82) is 0 Å². The first-order chi connectivity index (χ1) is 9.82. The molecular formula is C13H13N3O4S. The van der Waals surface area contributed by atoms with Crippen molar-refractivity contribution in [3.05, 3.63) is 44.2 Å². The van der Waals surface area contributed by atoms with Crippen LogP contribution in [0.3, 0.4) is 0 Å². The number of nitrogens with one attached hydrogen (secondary N) is 1. The molecule has 1 amide bonds. The van der Waals surface area contributed by atoms with Crippen molar-refractivity contribution in [3.8, 4) is 0 Å². The molecule has 0 unspecified atom stereocenters. The lowest BCUT2D eigenvalue weighted by atomic mass is 10.1. The van der Waals surface area contributed by atoms with E-state index >= 15 is 0 Å². The van der Waals surface area contributed by atoms with Gasteiger partial charge in [-0.1, -0.05) is 0 Å². The van der Waals surface area contributed by atoms with E-state index in [0.29, 0.717) is 11.3 Å². The molecule has 0 aliphatic carbocycles. The number of carboxylic acids is 1. The Balaban J connectivity index is 2.45. The summed E-state index contributed by atoms with van der Waals surface area (Å²) in [5.41, 5.74) is 0.475. The highest BCUT2D eigenvalue weighted by atomic mass is 32.1. The molecule has 110 valence electrons. The summed E-state index contributed by atoms with van der Waals surface area (Å²) in [5.74, 6) is -1.77. The number of thiophene rings is 1. The topological polar surface area (TPSA) is 101 Å². The molecule has 8 heteroatoms. The Morgan fingerprint density at radius 2 is 2.05 bits per heavy atom. The Hall–Kier alpha value is -2.48. The summed E-state index contributed by atoms with van der Waals surface area (Å²) in [4.78, 5) is 35.4. The van der Waals surface area contributed by atoms with E-state index < -0.39 is 17.4 Å². The first-order valence-corrected chi connectivity index (χ1v) is 6.87. The minimum absolute atomic E-state index is 0.00592. The number of aromatic nitrogens is 2. The largest absolute Gasteiger partial charge is 0.478 e. The molecule has 2 aromatic heterocycles. The van der Waals surface area contributed by atoms with Gasteiger partial charge in [-0.25, -0.2) is 9.48 Å². The van der Waals surface area contributed by atoms with Crippen LogP contribution in [0.25, 0.3) is 0 Å². The summed E-state index contributed by atoms with van der Waals surface area (Å²) < 4.78 is 1.09. The third-order valence-electron chi connectivity index (χ3n) is 3.08. The van der Waals surface area contributed by atoms with Crippen molar-refractivity contribution in [3.63, 3.8) is 0 Å². The fourth-order valence-corrected chi connectivity index (χ4v) is 2.63. The van der Waals surface area contributed by atoms with Gasteiger partial charge in [0.1, 0.15) is 10.6 Å². The average Bonchev–Trinajstić information content (AvgIpc) is 2.85. The summed E-state index contributed by atoms with van der Waals surface area (Å²) in [5, 5.41) is 17.2. The number of rotatable bonds is 3. The maximum atomic E-state index is 12.3. The van der Waals surface area contributed by atoms with Gasteiger partial charge in [0.05, 0.1) is 11.3 Å². The number of amides is 1. The van der Waals surface area contributed by atoms with Crippen LogP contribution in [0.1, 0.15) is 32.0 Å². The number of carbonyl (C=O) groups is 2. The molecular weight excluding hydrogens is 294 g/mol. The van der Waals surface area contributed by atoms with Crippen LogP contribution in [0.2, 0.25) is 0 Å². The van der Waals surface area contributed by atoms with Gasteiger partial charge in [-0.05, 0) is 30.9 Å². The molecule has 0 radical (unpaired) electrons. The third-order valence-corrected chi connectivity index (χ3v) is 3.91. The highest BCUT2D eigenvalue weighted by Gasteiger charge is 2.20. The van der Waals surface area contributed by atoms with Crippen LogP contribution < -0.4 is 10.9 Å². The van der Waals surface area contributed by atoms with Gasteiger partial charge in [0, 0.05) is 7.05 Å². The standard InChI is InChI=1S/C13H13N3O4S/c1-6-7(2)15-16(3)12(18)9(6)10(17)14-11-8(13(19)20)4-5-21-11/h4-5H,1-3H3,(H,14,17)(H,19,20). The van der Waals surface area contributed by atoms with E-state index in [2.05, 4.69) is 10.4 Å². The number of hydrogen-bond donors (Lipinski definition) is 2. The lowest BCUT2D eigenvalue weighted by molar-refractivity contribution is 0.0698. The van der Waals surface area contributed by atoms with Gasteiger partial charge in [-0.3, -0.25) is 9.59 Å². The van der Waals surface area contributed by atoms with Crippen molar-refractivity contribution in [1.82, 2.24) is 9.78 Å². The molecule has 7 nitrogen and oxygen atoms in total. The van der Waals surface area contributed by atoms with Crippen LogP contribution >= 0.6 is 11.3 Å². The molecule has 0 bridgehead atoms. The number of carbonyl (C=O) groups excluding carboxylic acids is 1. The number of hydrogen-bond acceptors (Lipinski definition) is 5. The predicted octanol–water partition coefficient (Wildman–Crippen LogP) is 1.41. The van der Waals surface area contributed by atoms with Crippen molar-refractivity contribution in [2.45, 2.75) is 13.8 Å². The zero-order valence-corrected chi connectivity index (χ0v) is 12.4. The van der Waals surface area contributed by atoms with Gasteiger partial charge in [-0.2, -0.15) is 5.10 Å². The predicted molar refractivity (Wildman–Crippen MR) is 78.2 cm³/mol. The highest BCUT2D eigenvalue weighted by molar-refractivity contribution is 7.14. The Morgan fingerprint density at radius 1 is 1.38 bits per heavy atom. The summed E-state index contributed by atoms with van der Waals surface area (Å²) in [6.45, 7) is 3.32. The van der Waals surface area contributed by atoms with Crippen LogP contribution in [-0.4, -0.2) is 26.8 Å². The fourth-order valence-electron chi connectivity index (χ4n) is 1.86. The van der Waals surface area contributed by atoms with Crippen molar-refractivity contribution >= 4 is 28.2 Å². The number of aromatic carboxylic acids is 1. The van der Waals surface area contributed by atoms with Crippen LogP contribution in [0.5, 0.6) is 0 Å². The molecule has 0 spiro atoms. The van der Waals surface area contributed by atoms with Crippen molar-refractivity contribution in [2.24, 2.45) is 7.05 Å². The second kappa shape index (κ2) is 5.49. The highest BCUT2D eigenvalue weighted by Crippen LogP contribution is 2.23. The minimum Gasteiger partial charge on any atom is -0.478 e. The van der Waals surface area contributed by atoms with Crippen LogP contribution in [-0.2, 0) is 7.05 Å². The zero-order valence-electron chi connectivity index (χ0n) is 11.6. The van der Waals surface area contributed by atoms with Gasteiger partial charge < -0.3 is 10.4 Å². The SMILES string of the molecule is Cc1nn(C)c(=O)c(C(=O)Nc2sccc2C(=O)O)c1C. The van der Waals surface area contributed by atoms with Crippen LogP contribution in [0.15, 0.2) is 16.2 Å². The molecule has 0 saturated carbocycles. The molecule has 2 aromatic rings. The number of carboxylic acid groups (broad SMARTS) is 1. The summed E-state index contributed by atoms with van der Waals surface area (Å²) in [7, 11) is 1.46. The van der Waals surface area contributed by atoms with Crippen molar-refractivity contribution < 1.29 is 14.7 Å². The minimum atomic E-state index is -1.14. The monoisotopic (exact) mass is 307 g/mol. The van der Waals surface area contributed by atoms with E-state index in [4.69, 9.17) is 5.11 Å². The van der Waals surface area contributed by atoms with Gasteiger partial charge in [0.25, 0.3) is 11.5 Å². The molecule has 0 saturated heterocycles. The van der Waals surface area contributed by atoms with Gasteiger partial charge >= 0.3 is 5.97 Å². The molecule has 2 rings (SSSR count). The molecule has 0 aliphatic heterocycles. The molecule has 2 N–H and O–H groups in total. The number of nitrogens with zero attached hydrogens (tertiary/aromatic N) is 2. The summed E-state index contributed by atoms with van der Waals surface area (Å²) >= 11 is 1.08. The van der Waals surface area contributed by atoms with E-state index in [1.54, 1.807) is 19.2 Å². The van der Waals surface area contributed by atoms with E-state index in [-0.39, 0.29) is 16.1 Å². The average molecular weight is 307 g/mol. The van der Waals surface area contributed by atoms with E-state index in [1.165, 1.54) is 13.1 Å². The normalized spacial score (nSPS) is 10.4. The van der Waals surface area contributed by atoms with Gasteiger partial charge in [0.2, 0.25) is 0 Å². The smallest absolute Gasteiger partial charge is 0.338 e.